The van der Waals surface area contributed by atoms with Gasteiger partial charge in [-0.25, -0.2) is 0 Å². The van der Waals surface area contributed by atoms with E-state index in [4.69, 9.17) is 11.6 Å². The fourth-order valence-corrected chi connectivity index (χ4v) is 1.61. The maximum absolute atomic E-state index is 12.6. The molecule has 78 valence electrons. The average Bonchev–Trinajstić information content (AvgIpc) is 2.01. The Labute approximate surface area is 85.7 Å². The van der Waals surface area contributed by atoms with Gasteiger partial charge in [-0.15, -0.1) is 0 Å². The molecule has 0 saturated carbocycles. The molecule has 14 heavy (non-hydrogen) atoms. The van der Waals surface area contributed by atoms with Crippen LogP contribution in [0.25, 0.3) is 0 Å². The van der Waals surface area contributed by atoms with Crippen molar-refractivity contribution in [1.29, 1.82) is 0 Å². The highest BCUT2D eigenvalue weighted by molar-refractivity contribution is 6.31. The number of hydrogen-bond acceptors (Lipinski definition) is 0. The molecule has 0 aliphatic heterocycles. The fraction of sp³-hybridized carbons (Fsp3) is 0.400. The van der Waals surface area contributed by atoms with E-state index in [1.165, 1.54) is 18.2 Å². The Hall–Kier alpha value is -0.700. The summed E-state index contributed by atoms with van der Waals surface area (Å²) in [6.45, 7) is 3.42. The van der Waals surface area contributed by atoms with Gasteiger partial charge in [0.25, 0.3) is 0 Å². The van der Waals surface area contributed by atoms with Crippen molar-refractivity contribution in [3.8, 4) is 0 Å². The number of rotatable bonds is 1. The second kappa shape index (κ2) is 3.81. The van der Waals surface area contributed by atoms with Crippen LogP contribution in [0.3, 0.4) is 0 Å². The number of benzene rings is 1. The summed E-state index contributed by atoms with van der Waals surface area (Å²) >= 11 is 5.54. The minimum atomic E-state index is -4.38. The van der Waals surface area contributed by atoms with Crippen molar-refractivity contribution in [3.05, 3.63) is 34.3 Å². The number of alkyl halides is 3. The monoisotopic (exact) mass is 222 g/mol. The van der Waals surface area contributed by atoms with Crippen LogP contribution in [0.5, 0.6) is 0 Å². The summed E-state index contributed by atoms with van der Waals surface area (Å²) in [7, 11) is 0. The third kappa shape index (κ3) is 2.21. The standard InChI is InChI=1S/C10H10ClF3/c1-6(2)7-4-3-5-8(11)9(7)10(12,13)14/h3-6H,1-2H3. The third-order valence-electron chi connectivity index (χ3n) is 1.95. The normalized spacial score (nSPS) is 12.2. The lowest BCUT2D eigenvalue weighted by molar-refractivity contribution is -0.138. The van der Waals surface area contributed by atoms with Crippen LogP contribution in [0, 0.1) is 0 Å². The summed E-state index contributed by atoms with van der Waals surface area (Å²) in [5, 5.41) is -0.233. The van der Waals surface area contributed by atoms with Gasteiger partial charge in [0.05, 0.1) is 10.6 Å². The van der Waals surface area contributed by atoms with E-state index < -0.39 is 11.7 Å². The van der Waals surface area contributed by atoms with Crippen LogP contribution in [0.15, 0.2) is 18.2 Å². The molecule has 1 rings (SSSR count). The van der Waals surface area contributed by atoms with Gasteiger partial charge >= 0.3 is 6.18 Å². The van der Waals surface area contributed by atoms with Crippen molar-refractivity contribution < 1.29 is 13.2 Å². The largest absolute Gasteiger partial charge is 0.418 e. The Bertz CT molecular complexity index is 329. The lowest BCUT2D eigenvalue weighted by Gasteiger charge is -2.16. The first-order chi connectivity index (χ1) is 6.34. The van der Waals surface area contributed by atoms with Gasteiger partial charge in [-0.05, 0) is 17.5 Å². The zero-order valence-electron chi connectivity index (χ0n) is 7.82. The molecule has 0 radical (unpaired) electrons. The van der Waals surface area contributed by atoms with E-state index >= 15 is 0 Å². The van der Waals surface area contributed by atoms with Gasteiger partial charge in [0.15, 0.2) is 0 Å². The maximum Gasteiger partial charge on any atom is 0.418 e. The highest BCUT2D eigenvalue weighted by Crippen LogP contribution is 2.39. The Morgan fingerprint density at radius 3 is 2.14 bits per heavy atom. The van der Waals surface area contributed by atoms with E-state index in [0.29, 0.717) is 0 Å². The molecule has 0 atom stereocenters. The van der Waals surface area contributed by atoms with E-state index in [0.717, 1.165) is 0 Å². The van der Waals surface area contributed by atoms with Gasteiger partial charge in [-0.2, -0.15) is 13.2 Å². The Morgan fingerprint density at radius 1 is 1.21 bits per heavy atom. The molecule has 4 heteroatoms. The van der Waals surface area contributed by atoms with E-state index in [2.05, 4.69) is 0 Å². The quantitative estimate of drug-likeness (QED) is 0.657. The van der Waals surface area contributed by atoms with Gasteiger partial charge in [0.1, 0.15) is 0 Å². The van der Waals surface area contributed by atoms with Crippen molar-refractivity contribution >= 4 is 11.6 Å². The Balaban J connectivity index is 3.38. The van der Waals surface area contributed by atoms with Crippen LogP contribution >= 0.6 is 11.6 Å². The first-order valence-corrected chi connectivity index (χ1v) is 4.57. The molecule has 0 fully saturated rings. The summed E-state index contributed by atoms with van der Waals surface area (Å²) in [4.78, 5) is 0. The zero-order valence-corrected chi connectivity index (χ0v) is 8.58. The third-order valence-corrected chi connectivity index (χ3v) is 2.27. The van der Waals surface area contributed by atoms with Crippen molar-refractivity contribution in [2.45, 2.75) is 25.9 Å². The van der Waals surface area contributed by atoms with Crippen LogP contribution in [0.2, 0.25) is 5.02 Å². The Kier molecular flexibility index (Phi) is 3.10. The second-order valence-corrected chi connectivity index (χ2v) is 3.76. The van der Waals surface area contributed by atoms with Gasteiger partial charge in [-0.1, -0.05) is 37.6 Å². The van der Waals surface area contributed by atoms with Crippen LogP contribution in [-0.4, -0.2) is 0 Å². The summed E-state index contributed by atoms with van der Waals surface area (Å²) in [6, 6.07) is 4.25. The van der Waals surface area contributed by atoms with E-state index in [1.54, 1.807) is 13.8 Å². The summed E-state index contributed by atoms with van der Waals surface area (Å²) in [6.07, 6.45) is -4.38. The fourth-order valence-electron chi connectivity index (χ4n) is 1.32. The van der Waals surface area contributed by atoms with Crippen molar-refractivity contribution in [2.24, 2.45) is 0 Å². The molecule has 0 saturated heterocycles. The zero-order chi connectivity index (χ0) is 10.9. The second-order valence-electron chi connectivity index (χ2n) is 3.36. The lowest BCUT2D eigenvalue weighted by Crippen LogP contribution is -2.10. The topological polar surface area (TPSA) is 0 Å². The maximum atomic E-state index is 12.6. The minimum Gasteiger partial charge on any atom is -0.166 e. The molecule has 0 bridgehead atoms. The minimum absolute atomic E-state index is 0.190. The molecule has 0 spiro atoms. The number of halogens is 4. The van der Waals surface area contributed by atoms with Crippen LogP contribution in [0.4, 0.5) is 13.2 Å². The molecule has 0 heterocycles. The Morgan fingerprint density at radius 2 is 1.79 bits per heavy atom. The molecule has 1 aromatic rings. The highest BCUT2D eigenvalue weighted by atomic mass is 35.5. The summed E-state index contributed by atoms with van der Waals surface area (Å²) in [5.74, 6) is -0.190. The molecule has 0 N–H and O–H groups in total. The SMILES string of the molecule is CC(C)c1cccc(Cl)c1C(F)(F)F. The summed E-state index contributed by atoms with van der Waals surface area (Å²) < 4.78 is 37.8. The van der Waals surface area contributed by atoms with Crippen LogP contribution < -0.4 is 0 Å². The van der Waals surface area contributed by atoms with Crippen molar-refractivity contribution in [2.75, 3.05) is 0 Å². The molecule has 0 aliphatic carbocycles. The van der Waals surface area contributed by atoms with Gasteiger partial charge in [0, 0.05) is 0 Å². The van der Waals surface area contributed by atoms with Crippen LogP contribution in [-0.2, 0) is 6.18 Å². The van der Waals surface area contributed by atoms with E-state index in [1.807, 2.05) is 0 Å². The van der Waals surface area contributed by atoms with Gasteiger partial charge in [-0.3, -0.25) is 0 Å². The molecule has 0 unspecified atom stereocenters. The van der Waals surface area contributed by atoms with Gasteiger partial charge < -0.3 is 0 Å². The van der Waals surface area contributed by atoms with Crippen molar-refractivity contribution in [1.82, 2.24) is 0 Å². The molecule has 0 amide bonds. The lowest BCUT2D eigenvalue weighted by atomic mass is 9.97. The van der Waals surface area contributed by atoms with E-state index in [-0.39, 0.29) is 16.5 Å². The average molecular weight is 223 g/mol. The first kappa shape index (κ1) is 11.4. The van der Waals surface area contributed by atoms with Gasteiger partial charge in [0.2, 0.25) is 0 Å². The first-order valence-electron chi connectivity index (χ1n) is 4.19. The number of hydrogen-bond donors (Lipinski definition) is 0. The predicted molar refractivity (Wildman–Crippen MR) is 50.5 cm³/mol. The van der Waals surface area contributed by atoms with E-state index in [9.17, 15) is 13.2 Å². The molecular formula is C10H10ClF3. The highest BCUT2D eigenvalue weighted by Gasteiger charge is 2.36. The smallest absolute Gasteiger partial charge is 0.166 e. The summed E-state index contributed by atoms with van der Waals surface area (Å²) in [5.41, 5.74) is -0.471. The molecule has 1 aromatic carbocycles. The molecule has 0 nitrogen and oxygen atoms in total. The molecule has 0 aliphatic rings. The van der Waals surface area contributed by atoms with Crippen molar-refractivity contribution in [3.63, 3.8) is 0 Å². The van der Waals surface area contributed by atoms with Crippen LogP contribution in [0.1, 0.15) is 30.9 Å². The molecular weight excluding hydrogens is 213 g/mol. The molecule has 0 aromatic heterocycles. The predicted octanol–water partition coefficient (Wildman–Crippen LogP) is 4.48.